The molecule has 3 heterocycles. The molecule has 1 aliphatic heterocycles. The zero-order chi connectivity index (χ0) is 21.4. The molecule has 0 saturated heterocycles. The summed E-state index contributed by atoms with van der Waals surface area (Å²) in [6.45, 7) is 5.03. The summed E-state index contributed by atoms with van der Waals surface area (Å²) >= 11 is 0. The van der Waals surface area contributed by atoms with E-state index in [1.54, 1.807) is 17.9 Å². The SMILES string of the molecule is Cc1ccc2c(c1)[C@@H](C)Oc1cc(cnc1N)-c1c(nn(C)c1C#N)N(C)CCO2. The highest BCUT2D eigenvalue weighted by Gasteiger charge is 2.24. The molecule has 0 radical (unpaired) electrons. The minimum Gasteiger partial charge on any atom is -0.491 e. The van der Waals surface area contributed by atoms with Crippen LogP contribution >= 0.6 is 0 Å². The standard InChI is InChI=1S/C22H24N6O2/c1-13-5-6-18-16(9-13)14(2)30-19-10-15(12-25-21(19)24)20-17(11-23)28(4)26-22(20)27(3)7-8-29-18/h5-6,9-10,12,14H,7-8H2,1-4H3,(H2,24,25)/t14-/m1/s1. The van der Waals surface area contributed by atoms with E-state index in [1.807, 2.05) is 44.0 Å². The second kappa shape index (κ2) is 7.59. The number of nitrogens with two attached hydrogens (primary N) is 1. The van der Waals surface area contributed by atoms with Gasteiger partial charge < -0.3 is 20.1 Å². The smallest absolute Gasteiger partial charge is 0.166 e. The predicted molar refractivity (Wildman–Crippen MR) is 115 cm³/mol. The van der Waals surface area contributed by atoms with E-state index in [-0.39, 0.29) is 11.9 Å². The van der Waals surface area contributed by atoms with Crippen molar-refractivity contribution in [3.8, 4) is 28.7 Å². The van der Waals surface area contributed by atoms with Gasteiger partial charge in [-0.25, -0.2) is 4.98 Å². The molecule has 2 N–H and O–H groups in total. The minimum absolute atomic E-state index is 0.285. The van der Waals surface area contributed by atoms with Crippen molar-refractivity contribution in [3.05, 3.63) is 47.3 Å². The number of anilines is 2. The number of aryl methyl sites for hydroxylation is 2. The fourth-order valence-electron chi connectivity index (χ4n) is 3.63. The number of aromatic nitrogens is 3. The molecule has 0 unspecified atom stereocenters. The van der Waals surface area contributed by atoms with Crippen molar-refractivity contribution in [3.63, 3.8) is 0 Å². The van der Waals surface area contributed by atoms with E-state index in [2.05, 4.69) is 22.2 Å². The lowest BCUT2D eigenvalue weighted by molar-refractivity contribution is 0.218. The molecular weight excluding hydrogens is 380 g/mol. The summed E-state index contributed by atoms with van der Waals surface area (Å²) in [5.74, 6) is 2.18. The Bertz CT molecular complexity index is 1150. The summed E-state index contributed by atoms with van der Waals surface area (Å²) in [5.41, 5.74) is 10.0. The van der Waals surface area contributed by atoms with Gasteiger partial charge in [-0.1, -0.05) is 11.6 Å². The van der Waals surface area contributed by atoms with Gasteiger partial charge in [0.15, 0.2) is 17.4 Å². The van der Waals surface area contributed by atoms with Crippen LogP contribution in [-0.4, -0.2) is 35.0 Å². The van der Waals surface area contributed by atoms with Gasteiger partial charge in [0.1, 0.15) is 30.2 Å². The van der Waals surface area contributed by atoms with E-state index in [9.17, 15) is 5.26 Å². The van der Waals surface area contributed by atoms with Gasteiger partial charge >= 0.3 is 0 Å². The number of fused-ring (bicyclic) bond motifs is 5. The normalized spacial score (nSPS) is 16.0. The van der Waals surface area contributed by atoms with Crippen molar-refractivity contribution >= 4 is 11.6 Å². The number of benzene rings is 1. The molecule has 1 atom stereocenters. The maximum atomic E-state index is 9.73. The quantitative estimate of drug-likeness (QED) is 0.614. The Hall–Kier alpha value is -3.73. The Morgan fingerprint density at radius 2 is 2.03 bits per heavy atom. The summed E-state index contributed by atoms with van der Waals surface area (Å²) < 4.78 is 13.9. The van der Waals surface area contributed by atoms with Gasteiger partial charge in [-0.05, 0) is 32.0 Å². The monoisotopic (exact) mass is 404 g/mol. The van der Waals surface area contributed by atoms with E-state index in [1.165, 1.54) is 0 Å². The van der Waals surface area contributed by atoms with Crippen molar-refractivity contribution in [1.82, 2.24) is 14.8 Å². The first-order valence-electron chi connectivity index (χ1n) is 9.73. The molecule has 0 spiro atoms. The number of nitrogen functional groups attached to an aromatic ring is 1. The molecule has 8 nitrogen and oxygen atoms in total. The first-order valence-corrected chi connectivity index (χ1v) is 9.73. The number of hydrogen-bond acceptors (Lipinski definition) is 7. The van der Waals surface area contributed by atoms with Crippen LogP contribution in [0.5, 0.6) is 11.5 Å². The van der Waals surface area contributed by atoms with Crippen molar-refractivity contribution in [2.45, 2.75) is 20.0 Å². The Morgan fingerprint density at radius 3 is 2.80 bits per heavy atom. The highest BCUT2D eigenvalue weighted by atomic mass is 16.5. The predicted octanol–water partition coefficient (Wildman–Crippen LogP) is 3.21. The van der Waals surface area contributed by atoms with Crippen LogP contribution in [0.2, 0.25) is 0 Å². The van der Waals surface area contributed by atoms with Gasteiger partial charge in [-0.2, -0.15) is 10.4 Å². The van der Waals surface area contributed by atoms with Crippen LogP contribution in [0.3, 0.4) is 0 Å². The molecule has 0 amide bonds. The molecule has 1 aromatic carbocycles. The van der Waals surface area contributed by atoms with Crippen LogP contribution in [0.1, 0.15) is 29.8 Å². The Kier molecular flexibility index (Phi) is 4.96. The average Bonchev–Trinajstić information content (AvgIpc) is 3.06. The molecule has 1 aliphatic rings. The van der Waals surface area contributed by atoms with Crippen LogP contribution in [0, 0.1) is 18.3 Å². The molecule has 0 fully saturated rings. The number of pyridine rings is 1. The molecule has 30 heavy (non-hydrogen) atoms. The van der Waals surface area contributed by atoms with Crippen LogP contribution in [-0.2, 0) is 7.05 Å². The first kappa shape index (κ1) is 19.6. The molecular formula is C22H24N6O2. The van der Waals surface area contributed by atoms with Crippen molar-refractivity contribution < 1.29 is 9.47 Å². The van der Waals surface area contributed by atoms with E-state index in [0.717, 1.165) is 22.4 Å². The van der Waals surface area contributed by atoms with Gasteiger partial charge in [0.2, 0.25) is 0 Å². The van der Waals surface area contributed by atoms with Crippen LogP contribution < -0.4 is 20.1 Å². The summed E-state index contributed by atoms with van der Waals surface area (Å²) in [7, 11) is 3.68. The Balaban J connectivity index is 1.90. The number of hydrogen-bond donors (Lipinski definition) is 1. The zero-order valence-corrected chi connectivity index (χ0v) is 17.5. The second-order valence-electron chi connectivity index (χ2n) is 7.46. The fourth-order valence-corrected chi connectivity index (χ4v) is 3.63. The molecule has 154 valence electrons. The number of rotatable bonds is 0. The van der Waals surface area contributed by atoms with Crippen LogP contribution in [0.25, 0.3) is 11.1 Å². The number of nitrogens with zero attached hydrogens (tertiary/aromatic N) is 5. The second-order valence-corrected chi connectivity index (χ2v) is 7.46. The van der Waals surface area contributed by atoms with Gasteiger partial charge in [0.25, 0.3) is 0 Å². The van der Waals surface area contributed by atoms with Gasteiger partial charge in [-0.3, -0.25) is 4.68 Å². The lowest BCUT2D eigenvalue weighted by atomic mass is 10.1. The zero-order valence-electron chi connectivity index (χ0n) is 17.5. The third kappa shape index (κ3) is 3.39. The van der Waals surface area contributed by atoms with E-state index < -0.39 is 0 Å². The molecule has 8 heteroatoms. The molecule has 2 bridgehead atoms. The van der Waals surface area contributed by atoms with Crippen molar-refractivity contribution in [1.29, 1.82) is 5.26 Å². The van der Waals surface area contributed by atoms with Crippen molar-refractivity contribution in [2.24, 2.45) is 7.05 Å². The first-order chi connectivity index (χ1) is 14.4. The Labute approximate surface area is 175 Å². The summed E-state index contributed by atoms with van der Waals surface area (Å²) in [6, 6.07) is 10.1. The largest absolute Gasteiger partial charge is 0.491 e. The van der Waals surface area contributed by atoms with Crippen LogP contribution in [0.4, 0.5) is 11.6 Å². The summed E-state index contributed by atoms with van der Waals surface area (Å²) in [4.78, 5) is 6.30. The van der Waals surface area contributed by atoms with Crippen LogP contribution in [0.15, 0.2) is 30.5 Å². The maximum Gasteiger partial charge on any atom is 0.166 e. The molecule has 2 aromatic heterocycles. The Morgan fingerprint density at radius 1 is 1.23 bits per heavy atom. The summed E-state index contributed by atoms with van der Waals surface area (Å²) in [5, 5.41) is 14.3. The van der Waals surface area contributed by atoms with Crippen molar-refractivity contribution in [2.75, 3.05) is 30.8 Å². The fraction of sp³-hybridized carbons (Fsp3) is 0.318. The number of ether oxygens (including phenoxy) is 2. The number of nitriles is 1. The molecule has 0 saturated carbocycles. The number of likely N-dealkylation sites (N-methyl/N-ethyl adjacent to an activating group) is 1. The minimum atomic E-state index is -0.304. The maximum absolute atomic E-state index is 9.73. The highest BCUT2D eigenvalue weighted by Crippen LogP contribution is 2.38. The van der Waals surface area contributed by atoms with E-state index >= 15 is 0 Å². The molecule has 4 rings (SSSR count). The van der Waals surface area contributed by atoms with E-state index in [0.29, 0.717) is 36.0 Å². The lowest BCUT2D eigenvalue weighted by Crippen LogP contribution is -2.25. The van der Waals surface area contributed by atoms with Gasteiger partial charge in [-0.15, -0.1) is 0 Å². The van der Waals surface area contributed by atoms with E-state index in [4.69, 9.17) is 15.2 Å². The molecule has 3 aromatic rings. The third-order valence-corrected chi connectivity index (χ3v) is 5.26. The van der Waals surface area contributed by atoms with Gasteiger partial charge in [0, 0.05) is 31.4 Å². The highest BCUT2D eigenvalue weighted by molar-refractivity contribution is 5.81. The lowest BCUT2D eigenvalue weighted by Gasteiger charge is -2.21. The third-order valence-electron chi connectivity index (χ3n) is 5.26. The topological polar surface area (TPSA) is 102 Å². The molecule has 0 aliphatic carbocycles. The van der Waals surface area contributed by atoms with Gasteiger partial charge in [0.05, 0.1) is 12.1 Å². The summed E-state index contributed by atoms with van der Waals surface area (Å²) in [6.07, 6.45) is 1.34. The average molecular weight is 404 g/mol.